The second-order valence-electron chi connectivity index (χ2n) is 13.5. The number of piperazine rings is 1. The first kappa shape index (κ1) is 35.9. The monoisotopic (exact) mass is 735 g/mol. The van der Waals surface area contributed by atoms with Crippen molar-refractivity contribution >= 4 is 39.9 Å². The third-order valence-electron chi connectivity index (χ3n) is 10.3. The second kappa shape index (κ2) is 14.1. The Hall–Kier alpha value is -5.51. The van der Waals surface area contributed by atoms with Crippen molar-refractivity contribution in [3.63, 3.8) is 0 Å². The van der Waals surface area contributed by atoms with E-state index >= 15 is 17.6 Å². The van der Waals surface area contributed by atoms with Gasteiger partial charge < -0.3 is 24.4 Å². The number of rotatable bonds is 7. The topological polar surface area (TPSA) is 129 Å². The number of alkyl halides is 2. The lowest BCUT2D eigenvalue weighted by Crippen LogP contribution is -2.62. The zero-order chi connectivity index (χ0) is 37.6. The van der Waals surface area contributed by atoms with Crippen LogP contribution >= 0.6 is 0 Å². The number of hydrogen-bond donors (Lipinski definition) is 2. The van der Waals surface area contributed by atoms with Gasteiger partial charge in [0.25, 0.3) is 17.4 Å². The maximum Gasteiger partial charge on any atom is 0.280 e. The van der Waals surface area contributed by atoms with Gasteiger partial charge in [-0.1, -0.05) is 0 Å². The highest BCUT2D eigenvalue weighted by atomic mass is 19.3. The summed E-state index contributed by atoms with van der Waals surface area (Å²) in [6.45, 7) is 0.0474. The summed E-state index contributed by atoms with van der Waals surface area (Å²) in [4.78, 5) is 58.2. The van der Waals surface area contributed by atoms with Crippen LogP contribution in [0.4, 0.5) is 28.9 Å². The number of carbonyl (C=O) groups is 3. The van der Waals surface area contributed by atoms with E-state index in [-0.39, 0.29) is 62.8 Å². The number of nitrogens with one attached hydrogen (secondary N) is 2. The standard InChI is InChI=1S/C37H37F4N7O5/c1-45-19-25(23-7-9-42-18-24(23)35(45)51)21-15-27(39)33(30(16-21)53-2)36(52)48-10-8-31(37(40,41)20-48)47-13-11-46(12-14-47)29-5-3-22(17-26(29)38)43-28-4-6-32(49)44-34(28)50/h3,5,7,9,15-19,28,31,43H,4,6,8,10-14,20H2,1-2H3,(H,44,49,50). The van der Waals surface area contributed by atoms with Crippen molar-refractivity contribution in [1.29, 1.82) is 0 Å². The second-order valence-corrected chi connectivity index (χ2v) is 13.5. The molecule has 3 aliphatic rings. The molecule has 0 bridgehead atoms. The van der Waals surface area contributed by atoms with Gasteiger partial charge in [0, 0.05) is 76.0 Å². The van der Waals surface area contributed by atoms with Crippen molar-refractivity contribution in [1.82, 2.24) is 24.7 Å². The fraction of sp³-hybridized carbons (Fsp3) is 0.378. The van der Waals surface area contributed by atoms with E-state index in [0.29, 0.717) is 39.7 Å². The van der Waals surface area contributed by atoms with Gasteiger partial charge in [0.2, 0.25) is 11.8 Å². The van der Waals surface area contributed by atoms with E-state index < -0.39 is 53.6 Å². The number of fused-ring (bicyclic) bond motifs is 1. The maximum atomic E-state index is 15.8. The first-order valence-corrected chi connectivity index (χ1v) is 17.2. The molecule has 3 saturated heterocycles. The zero-order valence-corrected chi connectivity index (χ0v) is 29.0. The zero-order valence-electron chi connectivity index (χ0n) is 29.0. The number of halogens is 4. The molecule has 278 valence electrons. The summed E-state index contributed by atoms with van der Waals surface area (Å²) in [6, 6.07) is 6.83. The lowest BCUT2D eigenvalue weighted by atomic mass is 9.96. The van der Waals surface area contributed by atoms with E-state index in [1.54, 1.807) is 41.2 Å². The van der Waals surface area contributed by atoms with Gasteiger partial charge in [-0.3, -0.25) is 34.4 Å². The predicted molar refractivity (Wildman–Crippen MR) is 188 cm³/mol. The highest BCUT2D eigenvalue weighted by Crippen LogP contribution is 2.37. The normalized spacial score (nSPS) is 20.7. The van der Waals surface area contributed by atoms with Crippen molar-refractivity contribution in [2.75, 3.05) is 56.6 Å². The van der Waals surface area contributed by atoms with Crippen molar-refractivity contribution in [3.05, 3.63) is 82.5 Å². The van der Waals surface area contributed by atoms with E-state index in [1.165, 1.54) is 36.2 Å². The van der Waals surface area contributed by atoms with Gasteiger partial charge in [0.1, 0.15) is 29.0 Å². The van der Waals surface area contributed by atoms with Gasteiger partial charge in [0.05, 0.1) is 30.8 Å². The Balaban J connectivity index is 1.01. The summed E-state index contributed by atoms with van der Waals surface area (Å²) in [5.74, 6) is -6.69. The minimum atomic E-state index is -3.32. The molecular weight excluding hydrogens is 698 g/mol. The first-order chi connectivity index (χ1) is 25.3. The molecule has 2 N–H and O–H groups in total. The van der Waals surface area contributed by atoms with Gasteiger partial charge in [-0.15, -0.1) is 0 Å². The van der Waals surface area contributed by atoms with Crippen LogP contribution in [-0.2, 0) is 16.6 Å². The Morgan fingerprint density at radius 1 is 0.981 bits per heavy atom. The van der Waals surface area contributed by atoms with Gasteiger partial charge in [-0.2, -0.15) is 0 Å². The number of anilines is 2. The van der Waals surface area contributed by atoms with Crippen LogP contribution < -0.4 is 25.8 Å². The van der Waals surface area contributed by atoms with Crippen molar-refractivity contribution in [2.24, 2.45) is 7.05 Å². The Labute approximate surface area is 301 Å². The van der Waals surface area contributed by atoms with Crippen LogP contribution in [0.15, 0.2) is 59.8 Å². The number of piperidine rings is 2. The molecule has 2 aromatic heterocycles. The molecule has 7 rings (SSSR count). The van der Waals surface area contributed by atoms with Crippen LogP contribution in [0.5, 0.6) is 5.75 Å². The highest BCUT2D eigenvalue weighted by Gasteiger charge is 2.49. The molecule has 12 nitrogen and oxygen atoms in total. The number of imide groups is 1. The van der Waals surface area contributed by atoms with Gasteiger partial charge >= 0.3 is 0 Å². The largest absolute Gasteiger partial charge is 0.496 e. The molecular formula is C37H37F4N7O5. The fourth-order valence-electron chi connectivity index (χ4n) is 7.52. The van der Waals surface area contributed by atoms with Crippen LogP contribution in [0.3, 0.4) is 0 Å². The number of aryl methyl sites for hydroxylation is 1. The molecule has 53 heavy (non-hydrogen) atoms. The predicted octanol–water partition coefficient (Wildman–Crippen LogP) is 3.78. The maximum absolute atomic E-state index is 15.8. The molecule has 3 fully saturated rings. The van der Waals surface area contributed by atoms with Gasteiger partial charge in [-0.25, -0.2) is 17.6 Å². The summed E-state index contributed by atoms with van der Waals surface area (Å²) in [5.41, 5.74) is 0.748. The molecule has 3 aliphatic heterocycles. The Kier molecular flexibility index (Phi) is 9.57. The summed E-state index contributed by atoms with van der Waals surface area (Å²) in [5, 5.41) is 6.04. The fourth-order valence-corrected chi connectivity index (χ4v) is 7.52. The van der Waals surface area contributed by atoms with E-state index in [1.807, 2.05) is 0 Å². The van der Waals surface area contributed by atoms with E-state index in [9.17, 15) is 19.2 Å². The van der Waals surface area contributed by atoms with Crippen molar-refractivity contribution < 1.29 is 36.7 Å². The molecule has 5 heterocycles. The van der Waals surface area contributed by atoms with E-state index in [4.69, 9.17) is 4.74 Å². The Bertz CT molecular complexity index is 2170. The van der Waals surface area contributed by atoms with Crippen LogP contribution in [0.25, 0.3) is 21.9 Å². The number of aromatic nitrogens is 2. The molecule has 4 aromatic rings. The third-order valence-corrected chi connectivity index (χ3v) is 10.3. The number of likely N-dealkylation sites (tertiary alicyclic amines) is 1. The van der Waals surface area contributed by atoms with Crippen LogP contribution in [0, 0.1) is 11.6 Å². The first-order valence-electron chi connectivity index (χ1n) is 17.2. The highest BCUT2D eigenvalue weighted by molar-refractivity contribution is 6.02. The summed E-state index contributed by atoms with van der Waals surface area (Å²) in [6.07, 6.45) is 4.88. The number of benzene rings is 2. The van der Waals surface area contributed by atoms with Gasteiger partial charge in [0.15, 0.2) is 0 Å². The molecule has 2 unspecified atom stereocenters. The number of amides is 3. The molecule has 0 saturated carbocycles. The molecule has 0 radical (unpaired) electrons. The summed E-state index contributed by atoms with van der Waals surface area (Å²) < 4.78 is 69.4. The average molecular weight is 736 g/mol. The summed E-state index contributed by atoms with van der Waals surface area (Å²) >= 11 is 0. The smallest absolute Gasteiger partial charge is 0.280 e. The van der Waals surface area contributed by atoms with Gasteiger partial charge in [-0.05, 0) is 60.2 Å². The molecule has 0 aliphatic carbocycles. The molecule has 2 aromatic carbocycles. The molecule has 2 atom stereocenters. The lowest BCUT2D eigenvalue weighted by molar-refractivity contribution is -0.133. The van der Waals surface area contributed by atoms with Crippen LogP contribution in [0.1, 0.15) is 29.6 Å². The van der Waals surface area contributed by atoms with E-state index in [0.717, 1.165) is 11.0 Å². The number of nitrogens with zero attached hydrogens (tertiary/aromatic N) is 5. The Morgan fingerprint density at radius 2 is 1.75 bits per heavy atom. The SMILES string of the molecule is COc1cc(-c2cn(C)c(=O)c3cnccc23)cc(F)c1C(=O)N1CCC(N2CCN(c3ccc(NC4CCC(=O)NC4=O)cc3F)CC2)C(F)(F)C1. The molecule has 16 heteroatoms. The number of ether oxygens (including phenoxy) is 1. The van der Waals surface area contributed by atoms with Crippen molar-refractivity contribution in [3.8, 4) is 16.9 Å². The molecule has 3 amide bonds. The third kappa shape index (κ3) is 6.90. The van der Waals surface area contributed by atoms with Crippen LogP contribution in [0.2, 0.25) is 0 Å². The minimum absolute atomic E-state index is 0.0433. The van der Waals surface area contributed by atoms with Crippen LogP contribution in [-0.4, -0.2) is 101 Å². The average Bonchev–Trinajstić information content (AvgIpc) is 3.13. The number of pyridine rings is 2. The number of methoxy groups -OCH3 is 1. The summed E-state index contributed by atoms with van der Waals surface area (Å²) in [7, 11) is 2.82. The number of carbonyl (C=O) groups excluding carboxylic acids is 3. The van der Waals surface area contributed by atoms with E-state index in [2.05, 4.69) is 15.6 Å². The Morgan fingerprint density at radius 3 is 2.45 bits per heavy atom. The molecule has 0 spiro atoms. The number of hydrogen-bond acceptors (Lipinski definition) is 9. The lowest BCUT2D eigenvalue weighted by Gasteiger charge is -2.46. The quantitative estimate of drug-likeness (QED) is 0.215. The van der Waals surface area contributed by atoms with Crippen molar-refractivity contribution in [2.45, 2.75) is 37.3 Å². The minimum Gasteiger partial charge on any atom is -0.496 e.